The van der Waals surface area contributed by atoms with Gasteiger partial charge < -0.3 is 20.4 Å². The normalized spacial score (nSPS) is 9.91. The standard InChI is InChI=1S/C7H6ClN5O.C5H4ClN5.C4H6O3/c1-3(14)11-7-12-5(8)4-6(13-7)10-2-9-4;6-3-2-4(9-1-8-2)11-5(7)10-3;1-3(5)7-4(2)6/h2H,1H3,(H2,9,10,11,12,13,14);1H,(H3,7,8,9,10,11);1-2H3. The molecular weight excluding hydrogens is 467 g/mol. The number of halogens is 2. The highest BCUT2D eigenvalue weighted by atomic mass is 35.5. The first-order valence-electron chi connectivity index (χ1n) is 8.52. The van der Waals surface area contributed by atoms with Crippen LogP contribution in [0, 0.1) is 0 Å². The Kier molecular flexibility index (Phi) is 8.31. The molecule has 0 aromatic carbocycles. The van der Waals surface area contributed by atoms with Gasteiger partial charge in [-0.2, -0.15) is 19.9 Å². The van der Waals surface area contributed by atoms with Crippen molar-refractivity contribution in [3.05, 3.63) is 23.0 Å². The minimum atomic E-state index is -0.562. The van der Waals surface area contributed by atoms with Gasteiger partial charge in [0, 0.05) is 20.8 Å². The van der Waals surface area contributed by atoms with Crippen LogP contribution in [0.15, 0.2) is 12.7 Å². The van der Waals surface area contributed by atoms with Gasteiger partial charge in [0.25, 0.3) is 0 Å². The summed E-state index contributed by atoms with van der Waals surface area (Å²) in [7, 11) is 0. The Morgan fingerprint density at radius 1 is 0.875 bits per heavy atom. The lowest BCUT2D eigenvalue weighted by Gasteiger charge is -1.99. The maximum absolute atomic E-state index is 10.7. The zero-order chi connectivity index (χ0) is 23.8. The van der Waals surface area contributed by atoms with E-state index in [-0.39, 0.29) is 23.0 Å². The summed E-state index contributed by atoms with van der Waals surface area (Å²) in [5.41, 5.74) is 7.40. The van der Waals surface area contributed by atoms with Gasteiger partial charge in [-0.05, 0) is 0 Å². The summed E-state index contributed by atoms with van der Waals surface area (Å²) < 4.78 is 3.97. The number of esters is 2. The van der Waals surface area contributed by atoms with Crippen molar-refractivity contribution in [3.8, 4) is 0 Å². The first-order chi connectivity index (χ1) is 15.1. The van der Waals surface area contributed by atoms with E-state index < -0.39 is 11.9 Å². The van der Waals surface area contributed by atoms with E-state index >= 15 is 0 Å². The number of aromatic amines is 2. The molecule has 168 valence electrons. The maximum Gasteiger partial charge on any atom is 0.310 e. The second-order valence-electron chi connectivity index (χ2n) is 5.68. The molecule has 16 heteroatoms. The number of imidazole rings is 2. The zero-order valence-corrected chi connectivity index (χ0v) is 18.3. The predicted molar refractivity (Wildman–Crippen MR) is 115 cm³/mol. The fraction of sp³-hybridized carbons (Fsp3) is 0.188. The summed E-state index contributed by atoms with van der Waals surface area (Å²) in [6, 6.07) is 0. The van der Waals surface area contributed by atoms with E-state index in [2.05, 4.69) is 49.9 Å². The number of nitrogens with one attached hydrogen (secondary N) is 3. The van der Waals surface area contributed by atoms with Crippen molar-refractivity contribution < 1.29 is 19.1 Å². The van der Waals surface area contributed by atoms with E-state index in [1.807, 2.05) is 0 Å². The number of ether oxygens (including phenoxy) is 1. The number of rotatable bonds is 1. The van der Waals surface area contributed by atoms with Gasteiger partial charge in [0.05, 0.1) is 12.7 Å². The number of nitrogens with two attached hydrogens (primary N) is 1. The lowest BCUT2D eigenvalue weighted by atomic mass is 10.5. The number of nitrogen functional groups attached to an aromatic ring is 1. The summed E-state index contributed by atoms with van der Waals surface area (Å²) in [6.07, 6.45) is 2.95. The van der Waals surface area contributed by atoms with Crippen LogP contribution in [0.1, 0.15) is 20.8 Å². The van der Waals surface area contributed by atoms with Crippen LogP contribution in [0.25, 0.3) is 22.3 Å². The smallest absolute Gasteiger partial charge is 0.310 e. The Bertz CT molecular complexity index is 1260. The van der Waals surface area contributed by atoms with Gasteiger partial charge >= 0.3 is 11.9 Å². The van der Waals surface area contributed by atoms with E-state index in [1.54, 1.807) is 0 Å². The number of anilines is 2. The number of carbonyl (C=O) groups is 3. The van der Waals surface area contributed by atoms with Gasteiger partial charge in [-0.25, -0.2) is 9.97 Å². The molecule has 4 aromatic rings. The van der Waals surface area contributed by atoms with Crippen molar-refractivity contribution in [2.45, 2.75) is 20.8 Å². The third-order valence-corrected chi connectivity index (χ3v) is 3.62. The Balaban J connectivity index is 0.000000181. The largest absolute Gasteiger partial charge is 0.394 e. The first kappa shape index (κ1) is 24.4. The summed E-state index contributed by atoms with van der Waals surface area (Å²) in [5.74, 6) is -1.09. The number of carbonyl (C=O) groups excluding carboxylic acids is 3. The minimum absolute atomic E-state index is 0.134. The molecule has 0 fully saturated rings. The zero-order valence-electron chi connectivity index (χ0n) is 16.8. The van der Waals surface area contributed by atoms with Crippen molar-refractivity contribution in [2.24, 2.45) is 0 Å². The Labute approximate surface area is 189 Å². The molecule has 0 radical (unpaired) electrons. The van der Waals surface area contributed by atoms with E-state index in [1.165, 1.54) is 33.4 Å². The van der Waals surface area contributed by atoms with Crippen LogP contribution in [0.4, 0.5) is 11.9 Å². The van der Waals surface area contributed by atoms with Gasteiger partial charge in [-0.15, -0.1) is 0 Å². The summed E-state index contributed by atoms with van der Waals surface area (Å²) in [6.45, 7) is 3.73. The Morgan fingerprint density at radius 3 is 1.84 bits per heavy atom. The lowest BCUT2D eigenvalue weighted by Crippen LogP contribution is -2.09. The number of hydrogen-bond acceptors (Lipinski definition) is 11. The predicted octanol–water partition coefficient (Wildman–Crippen LogP) is 1.65. The van der Waals surface area contributed by atoms with Crippen LogP contribution in [-0.2, 0) is 19.1 Å². The molecule has 0 bridgehead atoms. The van der Waals surface area contributed by atoms with Gasteiger partial charge in [-0.1, -0.05) is 23.2 Å². The molecule has 1 amide bonds. The monoisotopic (exact) mass is 482 g/mol. The van der Waals surface area contributed by atoms with Crippen molar-refractivity contribution in [1.29, 1.82) is 0 Å². The van der Waals surface area contributed by atoms with Crippen molar-refractivity contribution in [2.75, 3.05) is 11.1 Å². The molecule has 0 saturated carbocycles. The molecule has 0 aliphatic heterocycles. The third kappa shape index (κ3) is 7.10. The van der Waals surface area contributed by atoms with Crippen LogP contribution < -0.4 is 11.1 Å². The molecule has 0 spiro atoms. The molecule has 14 nitrogen and oxygen atoms in total. The molecule has 0 unspecified atom stereocenters. The average molecular weight is 483 g/mol. The van der Waals surface area contributed by atoms with Crippen LogP contribution in [0.3, 0.4) is 0 Å². The number of fused-ring (bicyclic) bond motifs is 2. The molecule has 4 rings (SSSR count). The SMILES string of the molecule is CC(=O)Nc1nc(Cl)c2[nH]cnc2n1.CC(=O)OC(C)=O.Nc1nc(Cl)c2[nH]cnc2n1. The molecule has 4 aromatic heterocycles. The topological polar surface area (TPSA) is 207 Å². The molecule has 0 atom stereocenters. The Morgan fingerprint density at radius 2 is 1.38 bits per heavy atom. The van der Waals surface area contributed by atoms with Crippen molar-refractivity contribution in [1.82, 2.24) is 39.9 Å². The summed E-state index contributed by atoms with van der Waals surface area (Å²) in [4.78, 5) is 59.1. The molecule has 4 heterocycles. The fourth-order valence-electron chi connectivity index (χ4n) is 2.03. The van der Waals surface area contributed by atoms with E-state index in [4.69, 9.17) is 28.9 Å². The van der Waals surface area contributed by atoms with E-state index in [9.17, 15) is 14.4 Å². The van der Waals surface area contributed by atoms with Gasteiger partial charge in [0.1, 0.15) is 11.0 Å². The van der Waals surface area contributed by atoms with E-state index in [0.717, 1.165) is 0 Å². The number of aromatic nitrogens is 8. The lowest BCUT2D eigenvalue weighted by molar-refractivity contribution is -0.156. The quantitative estimate of drug-likeness (QED) is 0.174. The third-order valence-electron chi connectivity index (χ3n) is 3.08. The maximum atomic E-state index is 10.7. The summed E-state index contributed by atoms with van der Waals surface area (Å²) >= 11 is 11.5. The van der Waals surface area contributed by atoms with Gasteiger partial charge in [0.15, 0.2) is 21.6 Å². The number of amides is 1. The fourth-order valence-corrected chi connectivity index (χ4v) is 2.47. The highest BCUT2D eigenvalue weighted by Gasteiger charge is 2.08. The second-order valence-corrected chi connectivity index (χ2v) is 6.40. The molecule has 32 heavy (non-hydrogen) atoms. The van der Waals surface area contributed by atoms with Crippen LogP contribution >= 0.6 is 23.2 Å². The molecule has 0 aliphatic rings. The summed E-state index contributed by atoms with van der Waals surface area (Å²) in [5, 5.41) is 2.96. The van der Waals surface area contributed by atoms with Gasteiger partial charge in [0.2, 0.25) is 17.8 Å². The van der Waals surface area contributed by atoms with Crippen molar-refractivity contribution in [3.63, 3.8) is 0 Å². The minimum Gasteiger partial charge on any atom is -0.394 e. The average Bonchev–Trinajstić information content (AvgIpc) is 3.30. The van der Waals surface area contributed by atoms with Crippen molar-refractivity contribution >= 4 is 75.3 Å². The number of hydrogen-bond donors (Lipinski definition) is 4. The van der Waals surface area contributed by atoms with E-state index in [0.29, 0.717) is 27.5 Å². The highest BCUT2D eigenvalue weighted by molar-refractivity contribution is 6.34. The molecular formula is C16H16Cl2N10O4. The van der Waals surface area contributed by atoms with Gasteiger partial charge in [-0.3, -0.25) is 19.7 Å². The highest BCUT2D eigenvalue weighted by Crippen LogP contribution is 2.18. The molecule has 0 aliphatic carbocycles. The second kappa shape index (κ2) is 10.9. The van der Waals surface area contributed by atoms with Crippen LogP contribution in [-0.4, -0.2) is 57.7 Å². The number of H-pyrrole nitrogens is 2. The Hall–Kier alpha value is -3.91. The number of nitrogens with zero attached hydrogens (tertiary/aromatic N) is 6. The first-order valence-corrected chi connectivity index (χ1v) is 9.27. The van der Waals surface area contributed by atoms with Crippen LogP contribution in [0.5, 0.6) is 0 Å². The molecule has 0 saturated heterocycles. The molecule has 5 N–H and O–H groups in total. The van der Waals surface area contributed by atoms with Crippen LogP contribution in [0.2, 0.25) is 10.3 Å².